The Morgan fingerprint density at radius 2 is 2.17 bits per heavy atom. The first-order valence-corrected chi connectivity index (χ1v) is 5.57. The van der Waals surface area contributed by atoms with Crippen LogP contribution in [0.25, 0.3) is 23.0 Å². The van der Waals surface area contributed by atoms with Crippen LogP contribution < -0.4 is 5.73 Å². The van der Waals surface area contributed by atoms with Gasteiger partial charge < -0.3 is 10.2 Å². The molecule has 1 aromatic carbocycles. The summed E-state index contributed by atoms with van der Waals surface area (Å²) in [6.07, 6.45) is 1.60. The lowest BCUT2D eigenvalue weighted by Gasteiger charge is -2.00. The second kappa shape index (κ2) is 4.03. The summed E-state index contributed by atoms with van der Waals surface area (Å²) in [6, 6.07) is 9.40. The molecule has 0 aliphatic rings. The molecule has 0 radical (unpaired) electrons. The number of H-pyrrole nitrogens is 1. The molecule has 18 heavy (non-hydrogen) atoms. The number of anilines is 1. The summed E-state index contributed by atoms with van der Waals surface area (Å²) >= 11 is 0. The summed E-state index contributed by atoms with van der Waals surface area (Å²) in [7, 11) is 0. The van der Waals surface area contributed by atoms with Crippen molar-refractivity contribution in [2.45, 2.75) is 6.92 Å². The van der Waals surface area contributed by atoms with Crippen LogP contribution in [0.15, 0.2) is 41.0 Å². The number of nitrogens with two attached hydrogens (primary N) is 1. The van der Waals surface area contributed by atoms with Crippen LogP contribution in [-0.2, 0) is 0 Å². The van der Waals surface area contributed by atoms with Crippen LogP contribution in [0.3, 0.4) is 0 Å². The van der Waals surface area contributed by atoms with E-state index in [0.29, 0.717) is 17.4 Å². The summed E-state index contributed by atoms with van der Waals surface area (Å²) in [4.78, 5) is 4.38. The van der Waals surface area contributed by atoms with Gasteiger partial charge >= 0.3 is 0 Å². The van der Waals surface area contributed by atoms with Gasteiger partial charge in [0.05, 0.1) is 6.26 Å². The molecule has 90 valence electrons. The molecule has 2 heterocycles. The minimum absolute atomic E-state index is 0.605. The zero-order chi connectivity index (χ0) is 12.5. The molecule has 5 heteroatoms. The molecule has 2 aromatic heterocycles. The molecule has 0 amide bonds. The molecule has 0 aliphatic heterocycles. The summed E-state index contributed by atoms with van der Waals surface area (Å²) in [6.45, 7) is 1.96. The van der Waals surface area contributed by atoms with Crippen molar-refractivity contribution in [1.82, 2.24) is 15.2 Å². The topological polar surface area (TPSA) is 80.7 Å². The lowest BCUT2D eigenvalue weighted by molar-refractivity contribution is 0.577. The molecule has 0 spiro atoms. The lowest BCUT2D eigenvalue weighted by Crippen LogP contribution is -1.90. The van der Waals surface area contributed by atoms with Gasteiger partial charge in [0, 0.05) is 11.3 Å². The number of hydrogen-bond donors (Lipinski definition) is 2. The Morgan fingerprint density at radius 3 is 2.89 bits per heavy atom. The van der Waals surface area contributed by atoms with Crippen LogP contribution in [0.5, 0.6) is 0 Å². The van der Waals surface area contributed by atoms with Crippen molar-refractivity contribution in [2.75, 3.05) is 5.73 Å². The largest absolute Gasteiger partial charge is 0.461 e. The SMILES string of the molecule is Cc1ccc(-c2n[nH]c(-c3ccco3)n2)cc1N. The first kappa shape index (κ1) is 10.6. The molecule has 0 fully saturated rings. The average Bonchev–Trinajstić information content (AvgIpc) is 3.01. The second-order valence-electron chi connectivity index (χ2n) is 4.06. The minimum Gasteiger partial charge on any atom is -0.461 e. The molecule has 3 aromatic rings. The molecule has 3 rings (SSSR count). The van der Waals surface area contributed by atoms with Gasteiger partial charge in [0.1, 0.15) is 0 Å². The van der Waals surface area contributed by atoms with Crippen molar-refractivity contribution < 1.29 is 4.42 Å². The van der Waals surface area contributed by atoms with Crippen LogP contribution in [0, 0.1) is 6.92 Å². The second-order valence-corrected chi connectivity index (χ2v) is 4.06. The molecule has 3 N–H and O–H groups in total. The Balaban J connectivity index is 2.00. The number of aryl methyl sites for hydroxylation is 1. The highest BCUT2D eigenvalue weighted by Gasteiger charge is 2.10. The number of rotatable bonds is 2. The minimum atomic E-state index is 0.605. The maximum atomic E-state index is 5.88. The number of aromatic nitrogens is 3. The van der Waals surface area contributed by atoms with Crippen molar-refractivity contribution in [3.05, 3.63) is 42.2 Å². The van der Waals surface area contributed by atoms with Gasteiger partial charge in [0.2, 0.25) is 0 Å². The quantitative estimate of drug-likeness (QED) is 0.675. The molecule has 5 nitrogen and oxygen atoms in total. The Bertz CT molecular complexity index is 670. The Morgan fingerprint density at radius 1 is 1.28 bits per heavy atom. The summed E-state index contributed by atoms with van der Waals surface area (Å²) in [5.41, 5.74) is 8.53. The van der Waals surface area contributed by atoms with E-state index in [0.717, 1.165) is 16.8 Å². The highest BCUT2D eigenvalue weighted by Crippen LogP contribution is 2.23. The van der Waals surface area contributed by atoms with E-state index in [1.54, 1.807) is 12.3 Å². The standard InChI is InChI=1S/C13H12N4O/c1-8-4-5-9(7-10(8)14)12-15-13(17-16-12)11-3-2-6-18-11/h2-7H,14H2,1H3,(H,15,16,17). The van der Waals surface area contributed by atoms with Crippen LogP contribution in [0.1, 0.15) is 5.56 Å². The van der Waals surface area contributed by atoms with E-state index < -0.39 is 0 Å². The van der Waals surface area contributed by atoms with Crippen LogP contribution in [0.4, 0.5) is 5.69 Å². The average molecular weight is 240 g/mol. The summed E-state index contributed by atoms with van der Waals surface area (Å²) in [5.74, 6) is 1.87. The number of nitrogens with one attached hydrogen (secondary N) is 1. The number of nitrogens with zero attached hydrogens (tertiary/aromatic N) is 2. The highest BCUT2D eigenvalue weighted by molar-refractivity contribution is 5.64. The van der Waals surface area contributed by atoms with E-state index >= 15 is 0 Å². The number of hydrogen-bond acceptors (Lipinski definition) is 4. The zero-order valence-electron chi connectivity index (χ0n) is 9.84. The van der Waals surface area contributed by atoms with Gasteiger partial charge in [-0.2, -0.15) is 5.10 Å². The Hall–Kier alpha value is -2.56. The molecule has 0 unspecified atom stereocenters. The van der Waals surface area contributed by atoms with E-state index in [9.17, 15) is 0 Å². The van der Waals surface area contributed by atoms with Crippen molar-refractivity contribution in [3.63, 3.8) is 0 Å². The van der Waals surface area contributed by atoms with Crippen molar-refractivity contribution in [2.24, 2.45) is 0 Å². The molecule has 0 atom stereocenters. The predicted octanol–water partition coefficient (Wildman–Crippen LogP) is 2.62. The fourth-order valence-electron chi connectivity index (χ4n) is 1.69. The van der Waals surface area contributed by atoms with Crippen LogP contribution in [-0.4, -0.2) is 15.2 Å². The maximum absolute atomic E-state index is 5.88. The molecular formula is C13H12N4O. The molecule has 0 aliphatic carbocycles. The van der Waals surface area contributed by atoms with E-state index in [-0.39, 0.29) is 0 Å². The van der Waals surface area contributed by atoms with Crippen molar-refractivity contribution in [3.8, 4) is 23.0 Å². The summed E-state index contributed by atoms with van der Waals surface area (Å²) < 4.78 is 5.25. The number of furan rings is 1. The maximum Gasteiger partial charge on any atom is 0.192 e. The van der Waals surface area contributed by atoms with Crippen LogP contribution >= 0.6 is 0 Å². The Labute approximate surface area is 104 Å². The predicted molar refractivity (Wildman–Crippen MR) is 68.7 cm³/mol. The van der Waals surface area contributed by atoms with E-state index in [1.165, 1.54) is 0 Å². The first-order chi connectivity index (χ1) is 8.74. The Kier molecular flexibility index (Phi) is 2.37. The monoisotopic (exact) mass is 240 g/mol. The normalized spacial score (nSPS) is 10.7. The zero-order valence-corrected chi connectivity index (χ0v) is 9.84. The molecule has 0 saturated heterocycles. The van der Waals surface area contributed by atoms with Gasteiger partial charge in [-0.15, -0.1) is 0 Å². The highest BCUT2D eigenvalue weighted by atomic mass is 16.3. The third kappa shape index (κ3) is 1.75. The van der Waals surface area contributed by atoms with Crippen molar-refractivity contribution in [1.29, 1.82) is 0 Å². The van der Waals surface area contributed by atoms with Gasteiger partial charge in [-0.05, 0) is 30.7 Å². The van der Waals surface area contributed by atoms with E-state index in [2.05, 4.69) is 15.2 Å². The molecule has 0 bridgehead atoms. The summed E-state index contributed by atoms with van der Waals surface area (Å²) in [5, 5.41) is 7.01. The third-order valence-corrected chi connectivity index (χ3v) is 2.78. The van der Waals surface area contributed by atoms with E-state index in [1.807, 2.05) is 31.2 Å². The van der Waals surface area contributed by atoms with Crippen molar-refractivity contribution >= 4 is 5.69 Å². The molecular weight excluding hydrogens is 228 g/mol. The van der Waals surface area contributed by atoms with Gasteiger partial charge in [-0.25, -0.2) is 4.98 Å². The van der Waals surface area contributed by atoms with Gasteiger partial charge in [-0.3, -0.25) is 5.10 Å². The van der Waals surface area contributed by atoms with Crippen LogP contribution in [0.2, 0.25) is 0 Å². The number of benzene rings is 1. The lowest BCUT2D eigenvalue weighted by atomic mass is 10.1. The third-order valence-electron chi connectivity index (χ3n) is 2.78. The molecule has 0 saturated carbocycles. The van der Waals surface area contributed by atoms with Gasteiger partial charge in [-0.1, -0.05) is 12.1 Å². The van der Waals surface area contributed by atoms with Gasteiger partial charge in [0.25, 0.3) is 0 Å². The number of aromatic amines is 1. The number of nitrogen functional groups attached to an aromatic ring is 1. The first-order valence-electron chi connectivity index (χ1n) is 5.57. The van der Waals surface area contributed by atoms with Gasteiger partial charge in [0.15, 0.2) is 17.4 Å². The van der Waals surface area contributed by atoms with E-state index in [4.69, 9.17) is 10.2 Å². The smallest absolute Gasteiger partial charge is 0.192 e. The fraction of sp³-hybridized carbons (Fsp3) is 0.0769. The fourth-order valence-corrected chi connectivity index (χ4v) is 1.69.